The molecule has 1 heterocycles. The second-order valence-electron chi connectivity index (χ2n) is 2.67. The van der Waals surface area contributed by atoms with Crippen molar-refractivity contribution >= 4 is 5.78 Å². The van der Waals surface area contributed by atoms with Crippen molar-refractivity contribution in [3.63, 3.8) is 0 Å². The van der Waals surface area contributed by atoms with Crippen molar-refractivity contribution < 1.29 is 4.79 Å². The van der Waals surface area contributed by atoms with E-state index in [2.05, 4.69) is 4.98 Å². The van der Waals surface area contributed by atoms with Gasteiger partial charge in [-0.3, -0.25) is 9.78 Å². The molecule has 0 amide bonds. The molecule has 0 aliphatic heterocycles. The summed E-state index contributed by atoms with van der Waals surface area (Å²) in [6, 6.07) is 7.07. The highest BCUT2D eigenvalue weighted by molar-refractivity contribution is 5.97. The summed E-state index contributed by atoms with van der Waals surface area (Å²) in [6.07, 6.45) is 2.09. The molecule has 1 aromatic heterocycles. The molecule has 0 N–H and O–H groups in total. The molecule has 1 aromatic rings. The number of pyridine rings is 1. The molecule has 0 radical (unpaired) electrons. The van der Waals surface area contributed by atoms with Crippen LogP contribution in [0.3, 0.4) is 0 Å². The number of aromatic nitrogens is 1. The molecule has 0 aliphatic carbocycles. The molecular formula is C10H10N2O. The summed E-state index contributed by atoms with van der Waals surface area (Å²) >= 11 is 0. The van der Waals surface area contributed by atoms with Crippen LogP contribution in [0, 0.1) is 17.2 Å². The van der Waals surface area contributed by atoms with Gasteiger partial charge in [0.05, 0.1) is 6.07 Å². The van der Waals surface area contributed by atoms with E-state index >= 15 is 0 Å². The largest absolute Gasteiger partial charge is 0.291 e. The molecule has 0 fully saturated rings. The fourth-order valence-electron chi connectivity index (χ4n) is 1.02. The summed E-state index contributed by atoms with van der Waals surface area (Å²) in [5.74, 6) is -0.750. The minimum Gasteiger partial charge on any atom is -0.291 e. The van der Waals surface area contributed by atoms with Crippen LogP contribution in [0.1, 0.15) is 23.8 Å². The third-order valence-corrected chi connectivity index (χ3v) is 1.80. The van der Waals surface area contributed by atoms with Gasteiger partial charge in [-0.15, -0.1) is 0 Å². The topological polar surface area (TPSA) is 53.8 Å². The Morgan fingerprint density at radius 2 is 2.46 bits per heavy atom. The standard InChI is InChI=1S/C10H10N2O/c1-2-8(7-11)10(13)9-5-3-4-6-12-9/h3-6,8H,2H2,1H3. The lowest BCUT2D eigenvalue weighted by Crippen LogP contribution is -2.13. The van der Waals surface area contributed by atoms with Crippen LogP contribution in [0.5, 0.6) is 0 Å². The van der Waals surface area contributed by atoms with E-state index in [4.69, 9.17) is 5.26 Å². The minimum atomic E-state index is -0.560. The van der Waals surface area contributed by atoms with Gasteiger partial charge in [0.25, 0.3) is 0 Å². The van der Waals surface area contributed by atoms with E-state index < -0.39 is 5.92 Å². The number of nitriles is 1. The molecule has 1 atom stereocenters. The molecule has 0 bridgehead atoms. The molecular weight excluding hydrogens is 164 g/mol. The van der Waals surface area contributed by atoms with Gasteiger partial charge in [0.1, 0.15) is 11.6 Å². The first kappa shape index (κ1) is 9.40. The zero-order valence-electron chi connectivity index (χ0n) is 7.40. The summed E-state index contributed by atoms with van der Waals surface area (Å²) in [7, 11) is 0. The van der Waals surface area contributed by atoms with Gasteiger partial charge in [-0.05, 0) is 18.6 Å². The van der Waals surface area contributed by atoms with Gasteiger partial charge in [0.15, 0.2) is 5.78 Å². The average molecular weight is 174 g/mol. The van der Waals surface area contributed by atoms with Crippen LogP contribution >= 0.6 is 0 Å². The zero-order chi connectivity index (χ0) is 9.68. The molecule has 1 unspecified atom stereocenters. The number of carbonyl (C=O) groups excluding carboxylic acids is 1. The molecule has 0 spiro atoms. The van der Waals surface area contributed by atoms with Crippen LogP contribution < -0.4 is 0 Å². The Balaban J connectivity index is 2.86. The van der Waals surface area contributed by atoms with Crippen molar-refractivity contribution in [1.82, 2.24) is 4.98 Å². The van der Waals surface area contributed by atoms with Crippen molar-refractivity contribution in [2.45, 2.75) is 13.3 Å². The third kappa shape index (κ3) is 2.12. The molecule has 0 aliphatic rings. The molecule has 66 valence electrons. The number of nitrogens with zero attached hydrogens (tertiary/aromatic N) is 2. The highest BCUT2D eigenvalue weighted by Gasteiger charge is 2.17. The van der Waals surface area contributed by atoms with E-state index in [1.54, 1.807) is 24.4 Å². The van der Waals surface area contributed by atoms with Crippen LogP contribution in [-0.4, -0.2) is 10.8 Å². The maximum absolute atomic E-state index is 11.5. The summed E-state index contributed by atoms with van der Waals surface area (Å²) < 4.78 is 0. The Morgan fingerprint density at radius 3 is 2.92 bits per heavy atom. The fraction of sp³-hybridized carbons (Fsp3) is 0.300. The molecule has 3 nitrogen and oxygen atoms in total. The van der Waals surface area contributed by atoms with Crippen molar-refractivity contribution in [2.75, 3.05) is 0 Å². The maximum Gasteiger partial charge on any atom is 0.198 e. The lowest BCUT2D eigenvalue weighted by atomic mass is 10.0. The Morgan fingerprint density at radius 1 is 1.69 bits per heavy atom. The number of ketones is 1. The molecule has 0 aromatic carbocycles. The predicted octanol–water partition coefficient (Wildman–Crippen LogP) is 1.81. The highest BCUT2D eigenvalue weighted by Crippen LogP contribution is 2.08. The highest BCUT2D eigenvalue weighted by atomic mass is 16.1. The third-order valence-electron chi connectivity index (χ3n) is 1.80. The van der Waals surface area contributed by atoms with Crippen molar-refractivity contribution in [3.8, 4) is 6.07 Å². The lowest BCUT2D eigenvalue weighted by molar-refractivity contribution is 0.0941. The van der Waals surface area contributed by atoms with Gasteiger partial charge >= 0.3 is 0 Å². The monoisotopic (exact) mass is 174 g/mol. The molecule has 13 heavy (non-hydrogen) atoms. The molecule has 0 saturated heterocycles. The van der Waals surface area contributed by atoms with E-state index in [0.29, 0.717) is 12.1 Å². The van der Waals surface area contributed by atoms with E-state index in [1.165, 1.54) is 0 Å². The number of Topliss-reactive ketones (excluding diaryl/α,β-unsaturated/α-hetero) is 1. The second-order valence-corrected chi connectivity index (χ2v) is 2.67. The number of carbonyl (C=O) groups is 1. The number of rotatable bonds is 3. The van der Waals surface area contributed by atoms with Gasteiger partial charge in [0, 0.05) is 6.20 Å². The SMILES string of the molecule is CCC(C#N)C(=O)c1ccccn1. The van der Waals surface area contributed by atoms with Crippen LogP contribution in [0.15, 0.2) is 24.4 Å². The van der Waals surface area contributed by atoms with Crippen LogP contribution in [0.25, 0.3) is 0 Å². The fourth-order valence-corrected chi connectivity index (χ4v) is 1.02. The van der Waals surface area contributed by atoms with Crippen LogP contribution in [-0.2, 0) is 0 Å². The summed E-state index contributed by atoms with van der Waals surface area (Å²) in [5.41, 5.74) is 0.371. The van der Waals surface area contributed by atoms with E-state index in [0.717, 1.165) is 0 Å². The van der Waals surface area contributed by atoms with Crippen molar-refractivity contribution in [1.29, 1.82) is 5.26 Å². The maximum atomic E-state index is 11.5. The summed E-state index contributed by atoms with van der Waals surface area (Å²) in [6.45, 7) is 1.81. The first-order valence-electron chi connectivity index (χ1n) is 4.14. The van der Waals surface area contributed by atoms with E-state index in [-0.39, 0.29) is 5.78 Å². The Labute approximate surface area is 77.0 Å². The van der Waals surface area contributed by atoms with Gasteiger partial charge in [-0.25, -0.2) is 0 Å². The Hall–Kier alpha value is -1.69. The van der Waals surface area contributed by atoms with Gasteiger partial charge in [0.2, 0.25) is 0 Å². The lowest BCUT2D eigenvalue weighted by Gasteiger charge is -2.02. The molecule has 3 heteroatoms. The molecule has 1 rings (SSSR count). The summed E-state index contributed by atoms with van der Waals surface area (Å²) in [5, 5.41) is 8.66. The Kier molecular flexibility index (Phi) is 3.15. The average Bonchev–Trinajstić information content (AvgIpc) is 2.21. The van der Waals surface area contributed by atoms with Crippen LogP contribution in [0.2, 0.25) is 0 Å². The normalized spacial score (nSPS) is 11.7. The van der Waals surface area contributed by atoms with Gasteiger partial charge in [-0.2, -0.15) is 5.26 Å². The minimum absolute atomic E-state index is 0.189. The quantitative estimate of drug-likeness (QED) is 0.656. The second kappa shape index (κ2) is 4.36. The smallest absolute Gasteiger partial charge is 0.198 e. The van der Waals surface area contributed by atoms with Gasteiger partial charge in [-0.1, -0.05) is 13.0 Å². The first-order chi connectivity index (χ1) is 6.29. The zero-order valence-corrected chi connectivity index (χ0v) is 7.40. The van der Waals surface area contributed by atoms with Gasteiger partial charge < -0.3 is 0 Å². The van der Waals surface area contributed by atoms with E-state index in [9.17, 15) is 4.79 Å². The number of hydrogen-bond acceptors (Lipinski definition) is 3. The first-order valence-corrected chi connectivity index (χ1v) is 4.14. The van der Waals surface area contributed by atoms with Crippen molar-refractivity contribution in [3.05, 3.63) is 30.1 Å². The number of hydrogen-bond donors (Lipinski definition) is 0. The van der Waals surface area contributed by atoms with Crippen molar-refractivity contribution in [2.24, 2.45) is 5.92 Å². The Bertz CT molecular complexity index is 327. The summed E-state index contributed by atoms with van der Waals surface area (Å²) in [4.78, 5) is 15.4. The van der Waals surface area contributed by atoms with Crippen LogP contribution in [0.4, 0.5) is 0 Å². The predicted molar refractivity (Wildman–Crippen MR) is 48.0 cm³/mol. The van der Waals surface area contributed by atoms with E-state index in [1.807, 2.05) is 13.0 Å². The molecule has 0 saturated carbocycles.